The van der Waals surface area contributed by atoms with Gasteiger partial charge < -0.3 is 0 Å². The van der Waals surface area contributed by atoms with Crippen LogP contribution in [0, 0.1) is 0 Å². The molecule has 0 aliphatic carbocycles. The van der Waals surface area contributed by atoms with Crippen LogP contribution >= 0.6 is 0 Å². The number of carbonyl (C=O) groups excluding carboxylic acids is 1. The smallest absolute Gasteiger partial charge is 0.277 e. The van der Waals surface area contributed by atoms with Gasteiger partial charge in [-0.3, -0.25) is 4.89 Å². The van der Waals surface area contributed by atoms with E-state index in [2.05, 4.69) is 9.22 Å². The van der Waals surface area contributed by atoms with Gasteiger partial charge in [-0.25, -0.2) is 4.79 Å². The van der Waals surface area contributed by atoms with E-state index in [4.69, 9.17) is 0 Å². The van der Waals surface area contributed by atoms with E-state index in [-0.39, 0.29) is 5.75 Å². The minimum absolute atomic E-state index is 0.171. The number of rotatable bonds is 5. The first-order chi connectivity index (χ1) is 6.02. The molecule has 5 nitrogen and oxygen atoms in total. The molecular formula is C7H12O5S. The third-order valence-electron chi connectivity index (χ3n) is 0.977. The van der Waals surface area contributed by atoms with E-state index in [0.717, 1.165) is 6.08 Å². The third-order valence-corrected chi connectivity index (χ3v) is 2.16. The van der Waals surface area contributed by atoms with Gasteiger partial charge in [-0.1, -0.05) is 17.3 Å². The maximum absolute atomic E-state index is 10.8. The summed E-state index contributed by atoms with van der Waals surface area (Å²) >= 11 is 0. The van der Waals surface area contributed by atoms with Crippen molar-refractivity contribution in [2.24, 2.45) is 0 Å². The quantitative estimate of drug-likeness (QED) is 0.379. The Hall–Kier alpha value is -0.880. The minimum Gasteiger partial charge on any atom is -0.277 e. The van der Waals surface area contributed by atoms with Gasteiger partial charge in [-0.2, -0.15) is 8.42 Å². The average Bonchev–Trinajstić information content (AvgIpc) is 2.02. The van der Waals surface area contributed by atoms with Gasteiger partial charge in [-0.15, -0.1) is 0 Å². The van der Waals surface area contributed by atoms with Crippen LogP contribution in [-0.2, 0) is 24.1 Å². The van der Waals surface area contributed by atoms with Crippen molar-refractivity contribution in [2.75, 3.05) is 5.75 Å². The molecule has 0 saturated carbocycles. The second-order valence-corrected chi connectivity index (χ2v) is 3.89. The Kier molecular flexibility index (Phi) is 5.33. The summed E-state index contributed by atoms with van der Waals surface area (Å²) in [6.07, 6.45) is 2.88. The Morgan fingerprint density at radius 2 is 2.08 bits per heavy atom. The van der Waals surface area contributed by atoms with Crippen LogP contribution in [0.4, 0.5) is 0 Å². The summed E-state index contributed by atoms with van der Waals surface area (Å²) < 4.78 is 25.6. The van der Waals surface area contributed by atoms with Crippen LogP contribution in [0.3, 0.4) is 0 Å². The summed E-state index contributed by atoms with van der Waals surface area (Å²) in [6, 6.07) is 0. The summed E-state index contributed by atoms with van der Waals surface area (Å²) in [4.78, 5) is 14.6. The van der Waals surface area contributed by atoms with E-state index in [1.165, 1.54) is 6.08 Å². The second kappa shape index (κ2) is 5.71. The van der Waals surface area contributed by atoms with Gasteiger partial charge in [0, 0.05) is 6.08 Å². The van der Waals surface area contributed by atoms with Crippen molar-refractivity contribution in [1.29, 1.82) is 0 Å². The zero-order valence-corrected chi connectivity index (χ0v) is 8.33. The highest BCUT2D eigenvalue weighted by molar-refractivity contribution is 7.86. The molecule has 6 heteroatoms. The summed E-state index contributed by atoms with van der Waals surface area (Å²) in [5.74, 6) is -1.02. The number of hydrogen-bond acceptors (Lipinski definition) is 5. The average molecular weight is 208 g/mol. The fourth-order valence-corrected chi connectivity index (χ4v) is 1.27. The lowest BCUT2D eigenvalue weighted by molar-refractivity contribution is -0.204. The van der Waals surface area contributed by atoms with Crippen molar-refractivity contribution in [3.05, 3.63) is 12.2 Å². The van der Waals surface area contributed by atoms with Crippen LogP contribution < -0.4 is 0 Å². The standard InChI is InChI=1S/C7H12O5S/c1-3-5-7(8)11-12-13(9,10)6-4-2/h3,5H,4,6H2,1-2H3. The van der Waals surface area contributed by atoms with Gasteiger partial charge in [0.25, 0.3) is 0 Å². The molecule has 0 atom stereocenters. The largest absolute Gasteiger partial charge is 0.367 e. The van der Waals surface area contributed by atoms with Gasteiger partial charge in [-0.05, 0) is 13.3 Å². The van der Waals surface area contributed by atoms with Crippen LogP contribution in [-0.4, -0.2) is 20.1 Å². The molecule has 0 aliphatic rings. The topological polar surface area (TPSA) is 69.7 Å². The molecule has 0 rings (SSSR count). The molecule has 0 aromatic carbocycles. The molecule has 0 fully saturated rings. The van der Waals surface area contributed by atoms with Crippen LogP contribution in [0.25, 0.3) is 0 Å². The lowest BCUT2D eigenvalue weighted by atomic mass is 10.5. The van der Waals surface area contributed by atoms with Gasteiger partial charge in [0.15, 0.2) is 0 Å². The minimum atomic E-state index is -3.72. The van der Waals surface area contributed by atoms with Crippen molar-refractivity contribution in [3.8, 4) is 0 Å². The van der Waals surface area contributed by atoms with Crippen molar-refractivity contribution < 1.29 is 22.4 Å². The molecule has 0 unspecified atom stereocenters. The van der Waals surface area contributed by atoms with Crippen molar-refractivity contribution in [3.63, 3.8) is 0 Å². The first-order valence-corrected chi connectivity index (χ1v) is 5.35. The SMILES string of the molecule is CC=CC(=O)OOS(=O)(=O)CCC. The van der Waals surface area contributed by atoms with E-state index < -0.39 is 16.1 Å². The maximum Gasteiger partial charge on any atom is 0.367 e. The Balaban J connectivity index is 3.95. The molecule has 13 heavy (non-hydrogen) atoms. The fourth-order valence-electron chi connectivity index (χ4n) is 0.533. The number of hydrogen-bond donors (Lipinski definition) is 0. The summed E-state index contributed by atoms with van der Waals surface area (Å²) in [6.45, 7) is 3.27. The van der Waals surface area contributed by atoms with Gasteiger partial charge in [0.05, 0.1) is 5.75 Å². The molecular weight excluding hydrogens is 196 g/mol. The third kappa shape index (κ3) is 6.30. The summed E-state index contributed by atoms with van der Waals surface area (Å²) in [5, 5.41) is 0. The lowest BCUT2D eigenvalue weighted by Crippen LogP contribution is -2.13. The maximum atomic E-state index is 10.8. The Bertz CT molecular complexity index is 277. The molecule has 0 aliphatic heterocycles. The second-order valence-electron chi connectivity index (χ2n) is 2.23. The van der Waals surface area contributed by atoms with Crippen molar-refractivity contribution >= 4 is 16.1 Å². The molecule has 0 amide bonds. The zero-order valence-electron chi connectivity index (χ0n) is 7.52. The molecule has 76 valence electrons. The van der Waals surface area contributed by atoms with E-state index in [1.54, 1.807) is 13.8 Å². The van der Waals surface area contributed by atoms with Crippen LogP contribution in [0.5, 0.6) is 0 Å². The zero-order chi connectivity index (χ0) is 10.3. The van der Waals surface area contributed by atoms with E-state index in [9.17, 15) is 13.2 Å². The van der Waals surface area contributed by atoms with E-state index in [1.807, 2.05) is 0 Å². The predicted molar refractivity (Wildman–Crippen MR) is 46.1 cm³/mol. The Morgan fingerprint density at radius 3 is 2.54 bits per heavy atom. The van der Waals surface area contributed by atoms with Gasteiger partial charge in [0.1, 0.15) is 0 Å². The van der Waals surface area contributed by atoms with Crippen molar-refractivity contribution in [2.45, 2.75) is 20.3 Å². The molecule has 0 aromatic rings. The number of allylic oxidation sites excluding steroid dienone is 1. The first-order valence-electron chi connectivity index (χ1n) is 3.77. The highest BCUT2D eigenvalue weighted by Gasteiger charge is 2.12. The van der Waals surface area contributed by atoms with Crippen LogP contribution in [0.15, 0.2) is 12.2 Å². The number of carbonyl (C=O) groups is 1. The van der Waals surface area contributed by atoms with Gasteiger partial charge >= 0.3 is 16.1 Å². The first kappa shape index (κ1) is 12.1. The molecule has 0 bridgehead atoms. The fraction of sp³-hybridized carbons (Fsp3) is 0.571. The lowest BCUT2D eigenvalue weighted by Gasteiger charge is -1.99. The summed E-state index contributed by atoms with van der Waals surface area (Å²) in [7, 11) is -3.72. The van der Waals surface area contributed by atoms with E-state index >= 15 is 0 Å². The Morgan fingerprint density at radius 1 is 1.46 bits per heavy atom. The van der Waals surface area contributed by atoms with Crippen LogP contribution in [0.2, 0.25) is 0 Å². The molecule has 0 aromatic heterocycles. The molecule has 0 radical (unpaired) electrons. The highest BCUT2D eigenvalue weighted by Crippen LogP contribution is 1.97. The molecule has 0 heterocycles. The monoisotopic (exact) mass is 208 g/mol. The van der Waals surface area contributed by atoms with E-state index in [0.29, 0.717) is 6.42 Å². The van der Waals surface area contributed by atoms with Gasteiger partial charge in [0.2, 0.25) is 0 Å². The molecule has 0 spiro atoms. The normalized spacial score (nSPS) is 11.8. The molecule has 0 saturated heterocycles. The summed E-state index contributed by atoms with van der Waals surface area (Å²) in [5.41, 5.74) is 0. The van der Waals surface area contributed by atoms with Crippen LogP contribution in [0.1, 0.15) is 20.3 Å². The predicted octanol–water partition coefficient (Wildman–Crippen LogP) is 0.777. The highest BCUT2D eigenvalue weighted by atomic mass is 32.2. The molecule has 0 N–H and O–H groups in total. The van der Waals surface area contributed by atoms with Crippen molar-refractivity contribution in [1.82, 2.24) is 0 Å². The Labute approximate surface area is 77.4 Å².